The summed E-state index contributed by atoms with van der Waals surface area (Å²) in [6.07, 6.45) is 0.627. The third-order valence-corrected chi connectivity index (χ3v) is 3.34. The van der Waals surface area contributed by atoms with Gasteiger partial charge in [0.2, 0.25) is 0 Å². The van der Waals surface area contributed by atoms with Crippen LogP contribution in [0.2, 0.25) is 5.15 Å². The summed E-state index contributed by atoms with van der Waals surface area (Å²) in [6.45, 7) is 10.00. The van der Waals surface area contributed by atoms with Crippen molar-refractivity contribution in [3.63, 3.8) is 0 Å². The zero-order valence-electron chi connectivity index (χ0n) is 13.4. The Morgan fingerprint density at radius 1 is 1.38 bits per heavy atom. The highest BCUT2D eigenvalue weighted by Crippen LogP contribution is 2.18. The molecule has 1 atom stereocenters. The van der Waals surface area contributed by atoms with Gasteiger partial charge in [0, 0.05) is 17.8 Å². The predicted molar refractivity (Wildman–Crippen MR) is 85.7 cm³/mol. The van der Waals surface area contributed by atoms with Crippen LogP contribution in [0.1, 0.15) is 63.0 Å². The van der Waals surface area contributed by atoms with Crippen LogP contribution in [0, 0.1) is 5.92 Å². The van der Waals surface area contributed by atoms with Gasteiger partial charge in [-0.25, -0.2) is 4.98 Å². The first-order chi connectivity index (χ1) is 9.60. The van der Waals surface area contributed by atoms with E-state index in [1.807, 2.05) is 27.7 Å². The highest BCUT2D eigenvalue weighted by Gasteiger charge is 2.23. The third kappa shape index (κ3) is 6.02. The molecule has 1 aromatic rings. The van der Waals surface area contributed by atoms with Crippen molar-refractivity contribution in [3.8, 4) is 0 Å². The second kappa shape index (κ2) is 7.23. The Hall–Kier alpha value is -1.13. The molecule has 1 aromatic heterocycles. The van der Waals surface area contributed by atoms with Crippen molar-refractivity contribution in [1.29, 1.82) is 0 Å². The number of pyridine rings is 1. The van der Waals surface area contributed by atoms with Crippen LogP contribution in [0.4, 0.5) is 0 Å². The van der Waals surface area contributed by atoms with E-state index in [1.165, 1.54) is 0 Å². The zero-order valence-corrected chi connectivity index (χ0v) is 14.2. The molecule has 0 aliphatic rings. The van der Waals surface area contributed by atoms with Crippen molar-refractivity contribution in [2.75, 3.05) is 6.54 Å². The smallest absolute Gasteiger partial charge is 0.251 e. The van der Waals surface area contributed by atoms with Gasteiger partial charge in [0.1, 0.15) is 5.15 Å². The van der Waals surface area contributed by atoms with Gasteiger partial charge in [0.15, 0.2) is 0 Å². The number of nitrogens with zero attached hydrogens (tertiary/aromatic N) is 1. The van der Waals surface area contributed by atoms with Crippen LogP contribution in [0.3, 0.4) is 0 Å². The van der Waals surface area contributed by atoms with Crippen LogP contribution in [-0.2, 0) is 0 Å². The second-order valence-corrected chi connectivity index (χ2v) is 6.92. The van der Waals surface area contributed by atoms with Crippen molar-refractivity contribution in [2.24, 2.45) is 5.92 Å². The van der Waals surface area contributed by atoms with E-state index >= 15 is 0 Å². The van der Waals surface area contributed by atoms with Crippen LogP contribution in [0.5, 0.6) is 0 Å². The molecule has 1 unspecified atom stereocenters. The van der Waals surface area contributed by atoms with E-state index in [4.69, 9.17) is 11.6 Å². The van der Waals surface area contributed by atoms with E-state index in [-0.39, 0.29) is 18.4 Å². The molecule has 2 N–H and O–H groups in total. The number of carbonyl (C=O) groups is 1. The molecule has 0 radical (unpaired) electrons. The second-order valence-electron chi connectivity index (χ2n) is 6.54. The van der Waals surface area contributed by atoms with Crippen LogP contribution in [0.25, 0.3) is 0 Å². The summed E-state index contributed by atoms with van der Waals surface area (Å²) >= 11 is 5.96. The highest BCUT2D eigenvalue weighted by molar-refractivity contribution is 6.29. The summed E-state index contributed by atoms with van der Waals surface area (Å²) in [5, 5.41) is 13.3. The molecule has 118 valence electrons. The Morgan fingerprint density at radius 2 is 2.00 bits per heavy atom. The number of carbonyl (C=O) groups excluding carboxylic acids is 1. The average Bonchev–Trinajstić information content (AvgIpc) is 2.33. The molecule has 0 saturated heterocycles. The Bertz CT molecular complexity index is 499. The Balaban J connectivity index is 2.76. The molecule has 0 aromatic carbocycles. The largest absolute Gasteiger partial charge is 0.388 e. The van der Waals surface area contributed by atoms with Crippen molar-refractivity contribution >= 4 is 17.5 Å². The van der Waals surface area contributed by atoms with Gasteiger partial charge in [-0.15, -0.1) is 0 Å². The SMILES string of the molecule is CC(C)CC(C)(O)CNC(=O)c1cc(Cl)nc(C(C)C)c1. The molecule has 21 heavy (non-hydrogen) atoms. The molecule has 0 bridgehead atoms. The summed E-state index contributed by atoms with van der Waals surface area (Å²) in [5.41, 5.74) is 0.335. The van der Waals surface area contributed by atoms with Gasteiger partial charge in [-0.3, -0.25) is 4.79 Å². The van der Waals surface area contributed by atoms with E-state index in [0.29, 0.717) is 23.1 Å². The Kier molecular flexibility index (Phi) is 6.17. The first-order valence-electron chi connectivity index (χ1n) is 7.29. The number of halogens is 1. The van der Waals surface area contributed by atoms with Gasteiger partial charge in [0.25, 0.3) is 5.91 Å². The number of aliphatic hydroxyl groups is 1. The minimum atomic E-state index is -0.915. The van der Waals surface area contributed by atoms with E-state index in [2.05, 4.69) is 10.3 Å². The summed E-state index contributed by atoms with van der Waals surface area (Å²) in [6, 6.07) is 3.28. The summed E-state index contributed by atoms with van der Waals surface area (Å²) < 4.78 is 0. The van der Waals surface area contributed by atoms with Gasteiger partial charge in [-0.05, 0) is 37.3 Å². The normalized spacial score (nSPS) is 14.3. The lowest BCUT2D eigenvalue weighted by atomic mass is 9.94. The molecule has 4 nitrogen and oxygen atoms in total. The summed E-state index contributed by atoms with van der Waals surface area (Å²) in [4.78, 5) is 16.4. The van der Waals surface area contributed by atoms with E-state index in [9.17, 15) is 9.90 Å². The minimum Gasteiger partial charge on any atom is -0.388 e. The van der Waals surface area contributed by atoms with Crippen molar-refractivity contribution in [3.05, 3.63) is 28.5 Å². The molecular weight excluding hydrogens is 288 g/mol. The van der Waals surface area contributed by atoms with Crippen molar-refractivity contribution in [2.45, 2.75) is 52.6 Å². The molecule has 1 heterocycles. The average molecular weight is 313 g/mol. The summed E-state index contributed by atoms with van der Waals surface area (Å²) in [7, 11) is 0. The fourth-order valence-electron chi connectivity index (χ4n) is 2.27. The number of rotatable bonds is 6. The van der Waals surface area contributed by atoms with Gasteiger partial charge in [-0.1, -0.05) is 39.3 Å². The predicted octanol–water partition coefficient (Wildman–Crippen LogP) is 3.39. The van der Waals surface area contributed by atoms with Gasteiger partial charge in [0.05, 0.1) is 5.60 Å². The molecular formula is C16H25ClN2O2. The van der Waals surface area contributed by atoms with Crippen LogP contribution >= 0.6 is 11.6 Å². The molecule has 0 aliphatic carbocycles. The molecule has 0 spiro atoms. The maximum atomic E-state index is 12.2. The van der Waals surface area contributed by atoms with Crippen LogP contribution in [-0.4, -0.2) is 28.1 Å². The van der Waals surface area contributed by atoms with Gasteiger partial charge in [-0.2, -0.15) is 0 Å². The lowest BCUT2D eigenvalue weighted by Crippen LogP contribution is -2.41. The molecule has 1 amide bonds. The third-order valence-electron chi connectivity index (χ3n) is 3.15. The molecule has 0 saturated carbocycles. The monoisotopic (exact) mass is 312 g/mol. The number of hydrogen-bond acceptors (Lipinski definition) is 3. The number of nitrogens with one attached hydrogen (secondary N) is 1. The summed E-state index contributed by atoms with van der Waals surface area (Å²) in [5.74, 6) is 0.310. The first-order valence-corrected chi connectivity index (χ1v) is 7.66. The lowest BCUT2D eigenvalue weighted by molar-refractivity contribution is 0.0368. The fourth-order valence-corrected chi connectivity index (χ4v) is 2.48. The lowest BCUT2D eigenvalue weighted by Gasteiger charge is -2.25. The Morgan fingerprint density at radius 3 is 2.52 bits per heavy atom. The molecule has 0 aliphatic heterocycles. The first kappa shape index (κ1) is 17.9. The van der Waals surface area contributed by atoms with Gasteiger partial charge < -0.3 is 10.4 Å². The molecule has 5 heteroatoms. The van der Waals surface area contributed by atoms with E-state index in [1.54, 1.807) is 19.1 Å². The van der Waals surface area contributed by atoms with Crippen LogP contribution < -0.4 is 5.32 Å². The topological polar surface area (TPSA) is 62.2 Å². The molecule has 1 rings (SSSR count). The fraction of sp³-hybridized carbons (Fsp3) is 0.625. The van der Waals surface area contributed by atoms with Gasteiger partial charge >= 0.3 is 0 Å². The zero-order chi connectivity index (χ0) is 16.2. The quantitative estimate of drug-likeness (QED) is 0.791. The van der Waals surface area contributed by atoms with Crippen molar-refractivity contribution in [1.82, 2.24) is 10.3 Å². The van der Waals surface area contributed by atoms with E-state index in [0.717, 1.165) is 5.69 Å². The Labute approximate surface area is 131 Å². The standard InChI is InChI=1S/C16H25ClN2O2/c1-10(2)8-16(5,21)9-18-15(20)12-6-13(11(3)4)19-14(17)7-12/h6-7,10-11,21H,8-9H2,1-5H3,(H,18,20). The molecule has 0 fully saturated rings. The highest BCUT2D eigenvalue weighted by atomic mass is 35.5. The van der Waals surface area contributed by atoms with Crippen molar-refractivity contribution < 1.29 is 9.90 Å². The maximum Gasteiger partial charge on any atom is 0.251 e. The number of amides is 1. The van der Waals surface area contributed by atoms with Crippen LogP contribution in [0.15, 0.2) is 12.1 Å². The number of hydrogen-bond donors (Lipinski definition) is 2. The maximum absolute atomic E-state index is 12.2. The minimum absolute atomic E-state index is 0.194. The van der Waals surface area contributed by atoms with E-state index < -0.39 is 5.60 Å². The number of aromatic nitrogens is 1.